The number of hydrogen-bond donors (Lipinski definition) is 1. The second-order valence-electron chi connectivity index (χ2n) is 9.81. The van der Waals surface area contributed by atoms with E-state index in [4.69, 9.17) is 4.98 Å². The topological polar surface area (TPSA) is 67.8 Å². The Morgan fingerprint density at radius 3 is 2.28 bits per heavy atom. The normalized spacial score (nSPS) is 14.8. The van der Waals surface area contributed by atoms with Crippen molar-refractivity contribution in [2.45, 2.75) is 64.8 Å². The van der Waals surface area contributed by atoms with Gasteiger partial charge in [-0.3, -0.25) is 14.8 Å². The first-order valence-electron chi connectivity index (χ1n) is 11.6. The van der Waals surface area contributed by atoms with Crippen molar-refractivity contribution < 1.29 is 4.79 Å². The van der Waals surface area contributed by atoms with Gasteiger partial charge in [0.1, 0.15) is 0 Å². The lowest BCUT2D eigenvalue weighted by Gasteiger charge is -2.21. The molecule has 0 bridgehead atoms. The summed E-state index contributed by atoms with van der Waals surface area (Å²) in [6, 6.07) is 11.7. The van der Waals surface area contributed by atoms with E-state index in [1.165, 1.54) is 32.1 Å². The number of carbonyl (C=O) groups is 1. The minimum Gasteiger partial charge on any atom is -0.347 e. The predicted molar refractivity (Wildman–Crippen MR) is 128 cm³/mol. The van der Waals surface area contributed by atoms with E-state index in [0.29, 0.717) is 5.56 Å². The molecule has 1 amide bonds. The largest absolute Gasteiger partial charge is 0.347 e. The van der Waals surface area contributed by atoms with Gasteiger partial charge in [0.25, 0.3) is 5.91 Å². The molecule has 0 aliphatic heterocycles. The molecular formula is C27H32N4O. The summed E-state index contributed by atoms with van der Waals surface area (Å²) < 4.78 is 0. The fraction of sp³-hybridized carbons (Fsp3) is 0.407. The molecule has 3 aromatic rings. The maximum absolute atomic E-state index is 13.0. The van der Waals surface area contributed by atoms with E-state index in [2.05, 4.69) is 21.4 Å². The van der Waals surface area contributed by atoms with Gasteiger partial charge < -0.3 is 5.32 Å². The molecule has 3 heterocycles. The molecule has 1 aliphatic rings. The minimum absolute atomic E-state index is 0.104. The van der Waals surface area contributed by atoms with Crippen LogP contribution in [0.4, 0.5) is 0 Å². The number of pyridine rings is 3. The van der Waals surface area contributed by atoms with Crippen LogP contribution < -0.4 is 5.32 Å². The van der Waals surface area contributed by atoms with E-state index >= 15 is 0 Å². The maximum Gasteiger partial charge on any atom is 0.251 e. The lowest BCUT2D eigenvalue weighted by atomic mass is 9.86. The van der Waals surface area contributed by atoms with Crippen molar-refractivity contribution in [1.29, 1.82) is 0 Å². The van der Waals surface area contributed by atoms with Gasteiger partial charge in [0.15, 0.2) is 0 Å². The summed E-state index contributed by atoms with van der Waals surface area (Å²) in [5.41, 5.74) is 4.85. The van der Waals surface area contributed by atoms with Crippen LogP contribution in [0.3, 0.4) is 0 Å². The molecule has 0 radical (unpaired) electrons. The van der Waals surface area contributed by atoms with E-state index in [9.17, 15) is 4.79 Å². The van der Waals surface area contributed by atoms with Crippen LogP contribution in [0, 0.1) is 5.92 Å². The Labute approximate surface area is 190 Å². The molecular weight excluding hydrogens is 396 g/mol. The van der Waals surface area contributed by atoms with E-state index < -0.39 is 0 Å². The number of aromatic nitrogens is 3. The molecule has 166 valence electrons. The highest BCUT2D eigenvalue weighted by molar-refractivity contribution is 5.96. The summed E-state index contributed by atoms with van der Waals surface area (Å²) in [4.78, 5) is 26.6. The zero-order valence-corrected chi connectivity index (χ0v) is 19.3. The van der Waals surface area contributed by atoms with Gasteiger partial charge >= 0.3 is 0 Å². The molecule has 0 atom stereocenters. The fourth-order valence-corrected chi connectivity index (χ4v) is 4.33. The number of carbonyl (C=O) groups excluding carboxylic acids is 1. The van der Waals surface area contributed by atoms with Crippen LogP contribution in [0.2, 0.25) is 0 Å². The highest BCUT2D eigenvalue weighted by Crippen LogP contribution is 2.29. The second-order valence-corrected chi connectivity index (χ2v) is 9.81. The Bertz CT molecular complexity index is 1070. The zero-order valence-electron chi connectivity index (χ0n) is 19.3. The molecule has 0 aromatic carbocycles. The first kappa shape index (κ1) is 22.1. The van der Waals surface area contributed by atoms with E-state index in [-0.39, 0.29) is 11.4 Å². The lowest BCUT2D eigenvalue weighted by molar-refractivity contribution is 0.0919. The molecule has 1 aliphatic carbocycles. The fourth-order valence-electron chi connectivity index (χ4n) is 4.33. The second kappa shape index (κ2) is 9.60. The summed E-state index contributed by atoms with van der Waals surface area (Å²) in [7, 11) is 0. The van der Waals surface area contributed by atoms with Gasteiger partial charge in [-0.15, -0.1) is 0 Å². The quantitative estimate of drug-likeness (QED) is 0.553. The van der Waals surface area contributed by atoms with Crippen LogP contribution >= 0.6 is 0 Å². The third kappa shape index (κ3) is 5.78. The molecule has 0 unspecified atom stereocenters. The molecule has 5 nitrogen and oxygen atoms in total. The van der Waals surface area contributed by atoms with Crippen LogP contribution in [0.5, 0.6) is 0 Å². The number of rotatable bonds is 5. The molecule has 5 heteroatoms. The summed E-state index contributed by atoms with van der Waals surface area (Å²) in [6.45, 7) is 5.95. The first-order chi connectivity index (χ1) is 15.4. The molecule has 0 saturated heterocycles. The first-order valence-corrected chi connectivity index (χ1v) is 11.6. The molecule has 4 rings (SSSR count). The molecule has 3 aromatic heterocycles. The van der Waals surface area contributed by atoms with Crippen LogP contribution in [0.1, 0.15) is 68.9 Å². The number of nitrogens with zero attached hydrogens (tertiary/aromatic N) is 3. The molecule has 1 N–H and O–H groups in total. The van der Waals surface area contributed by atoms with Gasteiger partial charge in [-0.2, -0.15) is 0 Å². The van der Waals surface area contributed by atoms with Gasteiger partial charge in [-0.25, -0.2) is 4.98 Å². The van der Waals surface area contributed by atoms with Gasteiger partial charge in [0, 0.05) is 46.5 Å². The zero-order chi connectivity index (χ0) is 22.6. The number of amides is 1. The predicted octanol–water partition coefficient (Wildman–Crippen LogP) is 5.86. The van der Waals surface area contributed by atoms with Crippen LogP contribution in [-0.2, 0) is 6.42 Å². The van der Waals surface area contributed by atoms with Crippen molar-refractivity contribution in [2.24, 2.45) is 5.92 Å². The molecule has 1 saturated carbocycles. The Kier molecular flexibility index (Phi) is 6.63. The monoisotopic (exact) mass is 428 g/mol. The van der Waals surface area contributed by atoms with Crippen molar-refractivity contribution in [1.82, 2.24) is 20.3 Å². The minimum atomic E-state index is -0.318. The smallest absolute Gasteiger partial charge is 0.251 e. The van der Waals surface area contributed by atoms with Crippen molar-refractivity contribution in [2.75, 3.05) is 0 Å². The Morgan fingerprint density at radius 2 is 1.59 bits per heavy atom. The van der Waals surface area contributed by atoms with E-state index in [0.717, 1.165) is 40.5 Å². The van der Waals surface area contributed by atoms with Gasteiger partial charge in [-0.05, 0) is 69.5 Å². The maximum atomic E-state index is 13.0. The third-order valence-electron chi connectivity index (χ3n) is 5.89. The molecule has 32 heavy (non-hydrogen) atoms. The van der Waals surface area contributed by atoms with Crippen molar-refractivity contribution >= 4 is 5.91 Å². The van der Waals surface area contributed by atoms with Crippen LogP contribution in [-0.4, -0.2) is 26.4 Å². The summed E-state index contributed by atoms with van der Waals surface area (Å²) >= 11 is 0. The van der Waals surface area contributed by atoms with E-state index in [1.807, 2.05) is 57.3 Å². The van der Waals surface area contributed by atoms with Crippen LogP contribution in [0.15, 0.2) is 55.0 Å². The van der Waals surface area contributed by atoms with Crippen molar-refractivity contribution in [3.8, 4) is 22.5 Å². The number of nitrogens with one attached hydrogen (secondary N) is 1. The Hall–Kier alpha value is -3.08. The van der Waals surface area contributed by atoms with Gasteiger partial charge in [0.05, 0.1) is 11.4 Å². The third-order valence-corrected chi connectivity index (χ3v) is 5.89. The molecule has 1 fully saturated rings. The van der Waals surface area contributed by atoms with Gasteiger partial charge in [0.2, 0.25) is 0 Å². The molecule has 0 spiro atoms. The van der Waals surface area contributed by atoms with Crippen molar-refractivity contribution in [3.05, 3.63) is 66.2 Å². The summed E-state index contributed by atoms with van der Waals surface area (Å²) in [6.07, 6.45) is 12.9. The van der Waals surface area contributed by atoms with Gasteiger partial charge in [-0.1, -0.05) is 32.1 Å². The highest BCUT2D eigenvalue weighted by Gasteiger charge is 2.19. The standard InChI is InChI=1S/C27H32N4O/c1-27(2,3)31-26(32)22-17-24(20-9-12-28-13-10-20)30-25(18-22)21-11-14-29-23(16-21)15-19-7-5-4-6-8-19/h9-14,16-19H,4-8,15H2,1-3H3,(H,31,32). The lowest BCUT2D eigenvalue weighted by Crippen LogP contribution is -2.40. The summed E-state index contributed by atoms with van der Waals surface area (Å²) in [5, 5.41) is 3.07. The van der Waals surface area contributed by atoms with E-state index in [1.54, 1.807) is 12.4 Å². The SMILES string of the molecule is CC(C)(C)NC(=O)c1cc(-c2ccncc2)nc(-c2ccnc(CC3CCCCC3)c2)c1. The van der Waals surface area contributed by atoms with Crippen LogP contribution in [0.25, 0.3) is 22.5 Å². The summed E-state index contributed by atoms with van der Waals surface area (Å²) in [5.74, 6) is 0.615. The van der Waals surface area contributed by atoms with Crippen molar-refractivity contribution in [3.63, 3.8) is 0 Å². The Balaban J connectivity index is 1.70. The Morgan fingerprint density at radius 1 is 0.938 bits per heavy atom. The average molecular weight is 429 g/mol. The average Bonchev–Trinajstić information content (AvgIpc) is 2.79. The number of hydrogen-bond acceptors (Lipinski definition) is 4. The highest BCUT2D eigenvalue weighted by atomic mass is 16.1.